The lowest BCUT2D eigenvalue weighted by Crippen LogP contribution is -2.55. The molecule has 1 saturated carbocycles. The highest BCUT2D eigenvalue weighted by atomic mass is 16.4. The number of Topliss-reactive ketones (excluding diaryl/α,β-unsaturated/α-hetero) is 2. The second-order valence-electron chi connectivity index (χ2n) is 18.5. The molecule has 19 nitrogen and oxygen atoms in total. The number of aromatic amines is 1. The summed E-state index contributed by atoms with van der Waals surface area (Å²) in [6.07, 6.45) is 2.17. The lowest BCUT2D eigenvalue weighted by Gasteiger charge is -2.32. The number of carboxylic acids is 1. The van der Waals surface area contributed by atoms with Gasteiger partial charge in [-0.05, 0) is 87.3 Å². The highest BCUT2D eigenvalue weighted by Gasteiger charge is 2.43. The number of aliphatic hydroxyl groups excluding tert-OH is 2. The summed E-state index contributed by atoms with van der Waals surface area (Å²) < 4.78 is 16.1. The highest BCUT2D eigenvalue weighted by molar-refractivity contribution is 5.97. The normalized spacial score (nSPS) is 26.6. The van der Waals surface area contributed by atoms with Crippen LogP contribution in [0.5, 0.6) is 0 Å². The van der Waals surface area contributed by atoms with E-state index < -0.39 is 102 Å². The van der Waals surface area contributed by atoms with Crippen LogP contribution in [0.4, 0.5) is 0 Å². The smallest absolute Gasteiger partial charge is 0.317 e. The number of aliphatic carboxylic acids is 1. The maximum Gasteiger partial charge on any atom is 0.317 e. The number of benzene rings is 2. The number of guanidine groups is 1. The summed E-state index contributed by atoms with van der Waals surface area (Å²) >= 11 is 0. The minimum atomic E-state index is -1.24. The number of carbonyl (C=O) groups excluding carboxylic acids is 6. The molecule has 1 aromatic heterocycles. The first kappa shape index (κ1) is 48.3. The molecule has 3 heterocycles. The van der Waals surface area contributed by atoms with Gasteiger partial charge in [-0.15, -0.1) is 0 Å². The van der Waals surface area contributed by atoms with Gasteiger partial charge in [0.1, 0.15) is 12.1 Å². The molecule has 0 unspecified atom stereocenters. The molecule has 3 fully saturated rings. The number of carbonyl (C=O) groups is 7. The Morgan fingerprint density at radius 2 is 1.63 bits per heavy atom. The average Bonchev–Trinajstić information content (AvgIpc) is 3.91. The molecule has 2 saturated heterocycles. The first-order chi connectivity index (χ1) is 33.4. The predicted octanol–water partition coefficient (Wildman–Crippen LogP) is 0.983. The van der Waals surface area contributed by atoms with E-state index >= 15 is 0 Å². The fraction of sp³-hybridized carbons (Fsp3) is 0.551. The number of nitrogens with two attached hydrogens (primary N) is 2. The zero-order valence-electron chi connectivity index (χ0n) is 40.3. The molecule has 19 heteroatoms. The molecule has 0 radical (unpaired) electrons. The Balaban J connectivity index is 1.34. The van der Waals surface area contributed by atoms with E-state index in [4.69, 9.17) is 14.2 Å². The number of ketones is 2. The van der Waals surface area contributed by atoms with Gasteiger partial charge >= 0.3 is 5.97 Å². The summed E-state index contributed by atoms with van der Waals surface area (Å²) in [6, 6.07) is 7.08. The van der Waals surface area contributed by atoms with Gasteiger partial charge in [-0.3, -0.25) is 43.9 Å². The standard InChI is InChI=1S/C49H67N9O10/c50-49(51)53-19-7-13-38-46(66)52-18-6-10-31(23-42(61)39(55-27-44(63)64)21-29-8-2-1-3-9-29)48(68)58-28-35(60)25-41(58)43(62)24-32(20-30-14-16-34(59)17-15-30)45(65)57-40(47(67)56-38)22-33-26-54-37-12-5-4-11-36(33)37/h1-5,8-9,11-12,26,30-32,34-35,38-41,54-55,59-60H,6-7,10,13-25,27-28H2,(H,52,66)(H,56,67)(H,57,65)(H,63,64)(H4,50,51,53)/t30?,31-,32+,34?,35-,38+,39+,40+,41+/m1/s1/i2D,3D. The summed E-state index contributed by atoms with van der Waals surface area (Å²) in [4.78, 5) is 107. The maximum atomic E-state index is 14.8. The van der Waals surface area contributed by atoms with Crippen LogP contribution in [0.25, 0.3) is 10.9 Å². The first-order valence-electron chi connectivity index (χ1n) is 24.7. The van der Waals surface area contributed by atoms with Gasteiger partial charge < -0.3 is 52.6 Å². The van der Waals surface area contributed by atoms with E-state index in [1.54, 1.807) is 6.20 Å². The van der Waals surface area contributed by atoms with Gasteiger partial charge in [-0.2, -0.15) is 0 Å². The van der Waals surface area contributed by atoms with Crippen LogP contribution in [-0.4, -0.2) is 135 Å². The van der Waals surface area contributed by atoms with E-state index in [1.807, 2.05) is 24.3 Å². The first-order valence-corrected chi connectivity index (χ1v) is 23.7. The lowest BCUT2D eigenvalue weighted by molar-refractivity contribution is -0.144. The molecule has 368 valence electrons. The Kier molecular flexibility index (Phi) is 17.6. The summed E-state index contributed by atoms with van der Waals surface area (Å²) in [5, 5.41) is 43.0. The molecule has 0 spiro atoms. The number of fused-ring (bicyclic) bond motifs is 2. The van der Waals surface area contributed by atoms with Gasteiger partial charge in [-0.25, -0.2) is 0 Å². The van der Waals surface area contributed by atoms with Gasteiger partial charge in [0.2, 0.25) is 23.6 Å². The minimum Gasteiger partial charge on any atom is -0.480 e. The van der Waals surface area contributed by atoms with E-state index in [1.165, 1.54) is 23.1 Å². The van der Waals surface area contributed by atoms with Crippen molar-refractivity contribution in [1.29, 1.82) is 0 Å². The van der Waals surface area contributed by atoms with Gasteiger partial charge in [-0.1, -0.05) is 48.5 Å². The Hall–Kier alpha value is -6.18. The van der Waals surface area contributed by atoms with Crippen molar-refractivity contribution < 1.29 is 51.6 Å². The second kappa shape index (κ2) is 24.7. The van der Waals surface area contributed by atoms with Crippen LogP contribution in [0.2, 0.25) is 0 Å². The van der Waals surface area contributed by atoms with Crippen LogP contribution in [0.3, 0.4) is 0 Å². The SMILES string of the molecule is [2H]c1cc([2H])cc(C[C@H](NCC(=O)O)C(=O)C[C@H]2CCCNC(=O)[C@H](CCCN=C(N)N)NC(=O)[C@H](Cc3c[nH]c4ccccc34)NC(=O)[C@@H](CC3CCC(O)CC3)CC(=O)[C@@H]3C[C@@H](O)CN3C2=O)c1. The average molecular weight is 944 g/mol. The summed E-state index contributed by atoms with van der Waals surface area (Å²) in [5.74, 6) is -7.01. The van der Waals surface area contributed by atoms with Crippen molar-refractivity contribution in [2.24, 2.45) is 34.2 Å². The van der Waals surface area contributed by atoms with E-state index in [0.29, 0.717) is 31.2 Å². The molecule has 3 aliphatic rings. The Labute approximate surface area is 398 Å². The fourth-order valence-corrected chi connectivity index (χ4v) is 9.74. The number of para-hydroxylation sites is 1. The van der Waals surface area contributed by atoms with E-state index in [2.05, 4.69) is 31.2 Å². The van der Waals surface area contributed by atoms with Crippen LogP contribution in [0.1, 0.15) is 90.9 Å². The van der Waals surface area contributed by atoms with Crippen molar-refractivity contribution in [3.8, 4) is 0 Å². The molecule has 68 heavy (non-hydrogen) atoms. The topological polar surface area (TPSA) is 312 Å². The number of aliphatic hydroxyl groups is 2. The molecular formula is C49H67N9O10. The van der Waals surface area contributed by atoms with Crippen molar-refractivity contribution in [1.82, 2.24) is 31.2 Å². The van der Waals surface area contributed by atoms with Gasteiger partial charge in [0, 0.05) is 74.3 Å². The molecule has 3 aromatic rings. The summed E-state index contributed by atoms with van der Waals surface area (Å²) in [6.45, 7) is -0.698. The lowest BCUT2D eigenvalue weighted by atomic mass is 9.79. The van der Waals surface area contributed by atoms with Crippen LogP contribution in [-0.2, 0) is 46.4 Å². The number of nitrogens with zero attached hydrogens (tertiary/aromatic N) is 2. The summed E-state index contributed by atoms with van der Waals surface area (Å²) in [5.41, 5.74) is 13.0. The number of hydrogen-bond donors (Lipinski definition) is 10. The predicted molar refractivity (Wildman–Crippen MR) is 253 cm³/mol. The third kappa shape index (κ3) is 14.7. The summed E-state index contributed by atoms with van der Waals surface area (Å²) in [7, 11) is 0. The molecule has 2 aliphatic heterocycles. The van der Waals surface area contributed by atoms with Crippen LogP contribution < -0.4 is 32.7 Å². The molecule has 12 N–H and O–H groups in total. The van der Waals surface area contributed by atoms with Crippen LogP contribution in [0.15, 0.2) is 65.7 Å². The van der Waals surface area contributed by atoms with Gasteiger partial charge in [0.15, 0.2) is 17.5 Å². The fourth-order valence-electron chi connectivity index (χ4n) is 9.74. The molecule has 2 aromatic carbocycles. The quantitative estimate of drug-likeness (QED) is 0.0545. The van der Waals surface area contributed by atoms with E-state index in [-0.39, 0.29) is 101 Å². The molecule has 6 rings (SSSR count). The second-order valence-corrected chi connectivity index (χ2v) is 18.5. The molecule has 4 amide bonds. The number of aromatic nitrogens is 1. The third-order valence-corrected chi connectivity index (χ3v) is 13.4. The number of carboxylic acid groups (broad SMARTS) is 1. The van der Waals surface area contributed by atoms with Crippen molar-refractivity contribution in [3.05, 3.63) is 71.9 Å². The van der Waals surface area contributed by atoms with Gasteiger partial charge in [0.05, 0.1) is 33.6 Å². The molecule has 7 atom stereocenters. The van der Waals surface area contributed by atoms with Gasteiger partial charge in [0.25, 0.3) is 0 Å². The number of rotatable bonds is 16. The highest BCUT2D eigenvalue weighted by Crippen LogP contribution is 2.33. The van der Waals surface area contributed by atoms with Crippen molar-refractivity contribution >= 4 is 58.0 Å². The number of nitrogens with one attached hydrogen (secondary N) is 5. The monoisotopic (exact) mass is 944 g/mol. The number of amides is 4. The van der Waals surface area contributed by atoms with Crippen molar-refractivity contribution in [2.75, 3.05) is 26.2 Å². The Morgan fingerprint density at radius 3 is 2.37 bits per heavy atom. The molecular weight excluding hydrogens is 875 g/mol. The largest absolute Gasteiger partial charge is 0.480 e. The van der Waals surface area contributed by atoms with Crippen LogP contribution in [0, 0.1) is 17.8 Å². The Morgan fingerprint density at radius 1 is 0.897 bits per heavy atom. The zero-order chi connectivity index (χ0) is 50.5. The van der Waals surface area contributed by atoms with Crippen molar-refractivity contribution in [2.45, 2.75) is 126 Å². The number of aliphatic imine (C=N–C) groups is 1. The maximum absolute atomic E-state index is 14.8. The van der Waals surface area contributed by atoms with Crippen LogP contribution >= 0.6 is 0 Å². The van der Waals surface area contributed by atoms with E-state index in [9.17, 15) is 48.9 Å². The zero-order valence-corrected chi connectivity index (χ0v) is 38.3. The van der Waals surface area contributed by atoms with Crippen molar-refractivity contribution in [3.63, 3.8) is 0 Å². The Bertz CT molecular complexity index is 2370. The van der Waals surface area contributed by atoms with E-state index in [0.717, 1.165) is 16.5 Å². The minimum absolute atomic E-state index is 0.00978. The molecule has 1 aliphatic carbocycles. The number of H-pyrrole nitrogens is 1. The number of hydrogen-bond acceptors (Lipinski definition) is 11. The molecule has 0 bridgehead atoms. The third-order valence-electron chi connectivity index (χ3n) is 13.4.